The van der Waals surface area contributed by atoms with E-state index in [0.717, 1.165) is 18.0 Å². The zero-order valence-corrected chi connectivity index (χ0v) is 7.01. The molecule has 2 rings (SSSR count). The Morgan fingerprint density at radius 3 is 2.80 bits per heavy atom. The van der Waals surface area contributed by atoms with E-state index >= 15 is 0 Å². The van der Waals surface area contributed by atoms with Crippen molar-refractivity contribution in [2.45, 2.75) is 44.7 Å². The van der Waals surface area contributed by atoms with Crippen molar-refractivity contribution in [1.29, 1.82) is 0 Å². The van der Waals surface area contributed by atoms with E-state index in [1.165, 1.54) is 25.7 Å². The van der Waals surface area contributed by atoms with Crippen molar-refractivity contribution in [3.63, 3.8) is 0 Å². The van der Waals surface area contributed by atoms with Gasteiger partial charge >= 0.3 is 0 Å². The van der Waals surface area contributed by atoms with Crippen molar-refractivity contribution in [3.8, 4) is 0 Å². The zero-order chi connectivity index (χ0) is 7.14. The molecule has 1 heteroatoms. The van der Waals surface area contributed by atoms with Crippen LogP contribution in [0, 0.1) is 5.92 Å². The fourth-order valence-corrected chi connectivity index (χ4v) is 2.64. The maximum Gasteiger partial charge on any atom is 0.00977 e. The third-order valence-electron chi connectivity index (χ3n) is 3.46. The molecule has 1 aliphatic carbocycles. The molecule has 2 bridgehead atoms. The van der Waals surface area contributed by atoms with Gasteiger partial charge in [0.25, 0.3) is 0 Å². The summed E-state index contributed by atoms with van der Waals surface area (Å²) >= 11 is 0. The van der Waals surface area contributed by atoms with Gasteiger partial charge in [0.2, 0.25) is 0 Å². The van der Waals surface area contributed by atoms with E-state index in [1.54, 1.807) is 0 Å². The Hall–Kier alpha value is -0.0400. The Labute approximate surface area is 63.4 Å². The predicted octanol–water partition coefficient (Wildman–Crippen LogP) is 1.88. The third kappa shape index (κ3) is 0.878. The van der Waals surface area contributed by atoms with E-state index in [4.69, 9.17) is 0 Å². The molecule has 0 N–H and O–H groups in total. The molecule has 0 radical (unpaired) electrons. The lowest BCUT2D eigenvalue weighted by atomic mass is 9.94. The van der Waals surface area contributed by atoms with Crippen molar-refractivity contribution >= 4 is 0 Å². The SMILES string of the molecule is CC1CC2CCC(C2)N1C. The molecule has 0 spiro atoms. The summed E-state index contributed by atoms with van der Waals surface area (Å²) in [6.07, 6.45) is 5.90. The monoisotopic (exact) mass is 139 g/mol. The lowest BCUT2D eigenvalue weighted by molar-refractivity contribution is 0.131. The van der Waals surface area contributed by atoms with Gasteiger partial charge in [-0.1, -0.05) is 0 Å². The molecular formula is C9H17N. The van der Waals surface area contributed by atoms with Crippen molar-refractivity contribution < 1.29 is 0 Å². The number of hydrogen-bond acceptors (Lipinski definition) is 1. The fraction of sp³-hybridized carbons (Fsp3) is 1.00. The molecule has 0 aromatic heterocycles. The minimum absolute atomic E-state index is 0.853. The Kier molecular flexibility index (Phi) is 1.48. The molecule has 10 heavy (non-hydrogen) atoms. The van der Waals surface area contributed by atoms with Gasteiger partial charge in [-0.05, 0) is 45.6 Å². The van der Waals surface area contributed by atoms with Crippen LogP contribution in [0.3, 0.4) is 0 Å². The second-order valence-corrected chi connectivity index (χ2v) is 4.08. The lowest BCUT2D eigenvalue weighted by Gasteiger charge is -2.35. The van der Waals surface area contributed by atoms with Crippen LogP contribution in [0.1, 0.15) is 32.6 Å². The highest BCUT2D eigenvalue weighted by Gasteiger charge is 2.35. The summed E-state index contributed by atoms with van der Waals surface area (Å²) in [4.78, 5) is 2.57. The molecule has 1 saturated heterocycles. The minimum atomic E-state index is 0.853. The molecule has 2 aliphatic rings. The van der Waals surface area contributed by atoms with Crippen LogP contribution in [0.25, 0.3) is 0 Å². The van der Waals surface area contributed by atoms with Gasteiger partial charge in [-0.15, -0.1) is 0 Å². The summed E-state index contributed by atoms with van der Waals surface area (Å²) in [5.74, 6) is 1.08. The molecule has 1 saturated carbocycles. The second-order valence-electron chi connectivity index (χ2n) is 4.08. The van der Waals surface area contributed by atoms with E-state index in [1.807, 2.05) is 0 Å². The van der Waals surface area contributed by atoms with E-state index in [0.29, 0.717) is 0 Å². The summed E-state index contributed by atoms with van der Waals surface area (Å²) in [7, 11) is 2.29. The molecular weight excluding hydrogens is 122 g/mol. The number of likely N-dealkylation sites (tertiary alicyclic amines) is 1. The Morgan fingerprint density at radius 1 is 1.20 bits per heavy atom. The van der Waals surface area contributed by atoms with Crippen molar-refractivity contribution in [2.75, 3.05) is 7.05 Å². The van der Waals surface area contributed by atoms with Crippen LogP contribution < -0.4 is 0 Å². The van der Waals surface area contributed by atoms with Crippen molar-refractivity contribution in [2.24, 2.45) is 5.92 Å². The maximum atomic E-state index is 2.57. The van der Waals surface area contributed by atoms with Crippen LogP contribution >= 0.6 is 0 Å². The Morgan fingerprint density at radius 2 is 2.00 bits per heavy atom. The smallest absolute Gasteiger partial charge is 0.00977 e. The highest BCUT2D eigenvalue weighted by molar-refractivity contribution is 4.90. The van der Waals surface area contributed by atoms with Crippen LogP contribution in [-0.4, -0.2) is 24.0 Å². The predicted molar refractivity (Wildman–Crippen MR) is 43.0 cm³/mol. The van der Waals surface area contributed by atoms with Gasteiger partial charge in [-0.3, -0.25) is 0 Å². The summed E-state index contributed by atoms with van der Waals surface area (Å²) in [6, 6.07) is 1.79. The van der Waals surface area contributed by atoms with E-state index in [9.17, 15) is 0 Å². The molecule has 3 atom stereocenters. The molecule has 1 heterocycles. The number of nitrogens with zero attached hydrogens (tertiary/aromatic N) is 1. The normalized spacial score (nSPS) is 48.0. The fourth-order valence-electron chi connectivity index (χ4n) is 2.64. The summed E-state index contributed by atoms with van der Waals surface area (Å²) in [5.41, 5.74) is 0. The van der Waals surface area contributed by atoms with Gasteiger partial charge in [-0.2, -0.15) is 0 Å². The average Bonchev–Trinajstić information content (AvgIpc) is 2.29. The molecule has 2 fully saturated rings. The summed E-state index contributed by atoms with van der Waals surface area (Å²) in [6.45, 7) is 2.37. The van der Waals surface area contributed by atoms with E-state index in [2.05, 4.69) is 18.9 Å². The Bertz CT molecular complexity index is 133. The first-order valence-corrected chi connectivity index (χ1v) is 4.49. The standard InChI is InChI=1S/C9H17N/c1-7-5-8-3-4-9(6-8)10(7)2/h7-9H,3-6H2,1-2H3. The zero-order valence-electron chi connectivity index (χ0n) is 7.01. The third-order valence-corrected chi connectivity index (χ3v) is 3.46. The Balaban J connectivity index is 2.09. The van der Waals surface area contributed by atoms with Gasteiger partial charge in [0.1, 0.15) is 0 Å². The van der Waals surface area contributed by atoms with Gasteiger partial charge in [-0.25, -0.2) is 0 Å². The minimum Gasteiger partial charge on any atom is -0.301 e. The largest absolute Gasteiger partial charge is 0.301 e. The topological polar surface area (TPSA) is 3.24 Å². The summed E-state index contributed by atoms with van der Waals surface area (Å²) < 4.78 is 0. The number of fused-ring (bicyclic) bond motifs is 2. The van der Waals surface area contributed by atoms with Crippen LogP contribution in [0.15, 0.2) is 0 Å². The van der Waals surface area contributed by atoms with Crippen LogP contribution in [0.4, 0.5) is 0 Å². The highest BCUT2D eigenvalue weighted by Crippen LogP contribution is 2.38. The molecule has 1 aliphatic heterocycles. The second kappa shape index (κ2) is 2.23. The lowest BCUT2D eigenvalue weighted by Crippen LogP contribution is -2.40. The van der Waals surface area contributed by atoms with Gasteiger partial charge in [0, 0.05) is 12.1 Å². The first-order valence-electron chi connectivity index (χ1n) is 4.49. The van der Waals surface area contributed by atoms with Crippen LogP contribution in [0.2, 0.25) is 0 Å². The van der Waals surface area contributed by atoms with Gasteiger partial charge in [0.15, 0.2) is 0 Å². The van der Waals surface area contributed by atoms with Gasteiger partial charge < -0.3 is 4.90 Å². The van der Waals surface area contributed by atoms with Crippen molar-refractivity contribution in [3.05, 3.63) is 0 Å². The molecule has 0 aromatic carbocycles. The highest BCUT2D eigenvalue weighted by atomic mass is 15.2. The maximum absolute atomic E-state index is 2.57. The molecule has 1 nitrogen and oxygen atoms in total. The summed E-state index contributed by atoms with van der Waals surface area (Å²) in [5, 5.41) is 0. The van der Waals surface area contributed by atoms with E-state index in [-0.39, 0.29) is 0 Å². The first kappa shape index (κ1) is 6.66. The van der Waals surface area contributed by atoms with Gasteiger partial charge in [0.05, 0.1) is 0 Å². The quantitative estimate of drug-likeness (QED) is 0.495. The van der Waals surface area contributed by atoms with Crippen LogP contribution in [0.5, 0.6) is 0 Å². The first-order chi connectivity index (χ1) is 4.77. The van der Waals surface area contributed by atoms with E-state index < -0.39 is 0 Å². The number of rotatable bonds is 0. The molecule has 0 aromatic rings. The van der Waals surface area contributed by atoms with Crippen LogP contribution in [-0.2, 0) is 0 Å². The molecule has 3 unspecified atom stereocenters. The number of piperidine rings is 1. The number of hydrogen-bond donors (Lipinski definition) is 0. The molecule has 0 amide bonds. The van der Waals surface area contributed by atoms with Crippen molar-refractivity contribution in [1.82, 2.24) is 4.90 Å². The average molecular weight is 139 g/mol. The molecule has 58 valence electrons.